The lowest BCUT2D eigenvalue weighted by Crippen LogP contribution is -2.29. The molecule has 1 saturated carbocycles. The van der Waals surface area contributed by atoms with E-state index in [1.807, 2.05) is 18.5 Å². The van der Waals surface area contributed by atoms with E-state index in [1.165, 1.54) is 6.42 Å². The molecule has 0 aromatic carbocycles. The summed E-state index contributed by atoms with van der Waals surface area (Å²) in [6.07, 6.45) is 4.04. The highest BCUT2D eigenvalue weighted by molar-refractivity contribution is 9.10. The van der Waals surface area contributed by atoms with E-state index in [0.29, 0.717) is 0 Å². The molecule has 15 heavy (non-hydrogen) atoms. The van der Waals surface area contributed by atoms with Gasteiger partial charge in [0.15, 0.2) is 0 Å². The van der Waals surface area contributed by atoms with Crippen molar-refractivity contribution in [2.45, 2.75) is 51.7 Å². The van der Waals surface area contributed by atoms with Crippen LogP contribution in [0.5, 0.6) is 0 Å². The number of rotatable bonds is 1. The molecule has 0 unspecified atom stereocenters. The number of nitrogens with zero attached hydrogens (tertiary/aromatic N) is 2. The summed E-state index contributed by atoms with van der Waals surface area (Å²) < 4.78 is 3.06. The molecule has 3 nitrogen and oxygen atoms in total. The van der Waals surface area contributed by atoms with Crippen LogP contribution in [0, 0.1) is 13.8 Å². The van der Waals surface area contributed by atoms with E-state index in [-0.39, 0.29) is 12.1 Å². The van der Waals surface area contributed by atoms with Crippen molar-refractivity contribution in [3.8, 4) is 0 Å². The largest absolute Gasteiger partial charge is 0.391 e. The second kappa shape index (κ2) is 4.26. The van der Waals surface area contributed by atoms with Gasteiger partial charge in [-0.05, 0) is 42.6 Å². The lowest BCUT2D eigenvalue weighted by atomic mass is 9.92. The van der Waals surface area contributed by atoms with Crippen molar-refractivity contribution in [2.75, 3.05) is 0 Å². The van der Waals surface area contributed by atoms with Crippen molar-refractivity contribution in [3.05, 3.63) is 15.9 Å². The van der Waals surface area contributed by atoms with Gasteiger partial charge in [0, 0.05) is 0 Å². The third kappa shape index (κ3) is 1.97. The smallest absolute Gasteiger partial charge is 0.0781 e. The molecule has 2 atom stereocenters. The van der Waals surface area contributed by atoms with Gasteiger partial charge in [0.25, 0.3) is 0 Å². The van der Waals surface area contributed by atoms with Crippen LogP contribution in [0.25, 0.3) is 0 Å². The van der Waals surface area contributed by atoms with Crippen molar-refractivity contribution >= 4 is 15.9 Å². The van der Waals surface area contributed by atoms with Crippen LogP contribution in [0.15, 0.2) is 4.47 Å². The number of hydrogen-bond acceptors (Lipinski definition) is 2. The zero-order valence-corrected chi connectivity index (χ0v) is 10.8. The molecule has 1 aromatic rings. The van der Waals surface area contributed by atoms with Gasteiger partial charge in [-0.3, -0.25) is 4.68 Å². The number of aliphatic hydroxyl groups excluding tert-OH is 1. The van der Waals surface area contributed by atoms with Gasteiger partial charge in [-0.1, -0.05) is 12.8 Å². The van der Waals surface area contributed by atoms with Crippen LogP contribution in [-0.4, -0.2) is 21.0 Å². The first-order chi connectivity index (χ1) is 7.11. The van der Waals surface area contributed by atoms with Gasteiger partial charge in [0.1, 0.15) is 0 Å². The fraction of sp³-hybridized carbons (Fsp3) is 0.727. The van der Waals surface area contributed by atoms with Crippen molar-refractivity contribution in [3.63, 3.8) is 0 Å². The summed E-state index contributed by atoms with van der Waals surface area (Å²) in [6.45, 7) is 4.04. The molecule has 1 aliphatic carbocycles. The number of aliphatic hydroxyl groups is 1. The van der Waals surface area contributed by atoms with Gasteiger partial charge in [-0.15, -0.1) is 0 Å². The summed E-state index contributed by atoms with van der Waals surface area (Å²) in [5.74, 6) is 0. The Balaban J connectivity index is 2.31. The van der Waals surface area contributed by atoms with Gasteiger partial charge in [-0.25, -0.2) is 0 Å². The van der Waals surface area contributed by atoms with Gasteiger partial charge in [-0.2, -0.15) is 5.10 Å². The highest BCUT2D eigenvalue weighted by Gasteiger charge is 2.27. The van der Waals surface area contributed by atoms with Gasteiger partial charge in [0.2, 0.25) is 0 Å². The molecule has 1 aliphatic rings. The number of hydrogen-bond donors (Lipinski definition) is 1. The summed E-state index contributed by atoms with van der Waals surface area (Å²) >= 11 is 3.52. The highest BCUT2D eigenvalue weighted by Crippen LogP contribution is 2.31. The Hall–Kier alpha value is -0.350. The van der Waals surface area contributed by atoms with Crippen LogP contribution < -0.4 is 0 Å². The third-order valence-electron chi connectivity index (χ3n) is 3.24. The minimum atomic E-state index is -0.233. The molecule has 1 N–H and O–H groups in total. The molecule has 0 spiro atoms. The molecule has 0 radical (unpaired) electrons. The minimum absolute atomic E-state index is 0.170. The average Bonchev–Trinajstić information content (AvgIpc) is 2.47. The quantitative estimate of drug-likeness (QED) is 0.854. The molecule has 4 heteroatoms. The standard InChI is InChI=1S/C11H17BrN2O/c1-7-11(12)8(2)14(13-7)9-5-3-4-6-10(9)15/h9-10,15H,3-6H2,1-2H3/t9-,10-/m1/s1. The predicted molar refractivity (Wildman–Crippen MR) is 62.9 cm³/mol. The normalized spacial score (nSPS) is 26.9. The Morgan fingerprint density at radius 2 is 2.00 bits per heavy atom. The zero-order valence-electron chi connectivity index (χ0n) is 9.20. The third-order valence-corrected chi connectivity index (χ3v) is 4.39. The first-order valence-corrected chi connectivity index (χ1v) is 6.30. The first-order valence-electron chi connectivity index (χ1n) is 5.50. The lowest BCUT2D eigenvalue weighted by molar-refractivity contribution is 0.0682. The summed E-state index contributed by atoms with van der Waals surface area (Å²) in [7, 11) is 0. The van der Waals surface area contributed by atoms with Gasteiger partial charge < -0.3 is 5.11 Å². The van der Waals surface area contributed by atoms with Crippen molar-refractivity contribution < 1.29 is 5.11 Å². The second-order valence-electron chi connectivity index (χ2n) is 4.35. The molecular formula is C11H17BrN2O. The summed E-state index contributed by atoms with van der Waals surface area (Å²) in [5.41, 5.74) is 2.13. The zero-order chi connectivity index (χ0) is 11.0. The van der Waals surface area contributed by atoms with Crippen LogP contribution >= 0.6 is 15.9 Å². The first kappa shape index (κ1) is 11.1. The van der Waals surface area contributed by atoms with E-state index in [0.717, 1.165) is 35.1 Å². The van der Waals surface area contributed by atoms with Crippen LogP contribution in [0.3, 0.4) is 0 Å². The average molecular weight is 273 g/mol. The monoisotopic (exact) mass is 272 g/mol. The molecular weight excluding hydrogens is 256 g/mol. The minimum Gasteiger partial charge on any atom is -0.391 e. The maximum absolute atomic E-state index is 9.97. The molecule has 1 fully saturated rings. The summed E-state index contributed by atoms with van der Waals surface area (Å²) in [4.78, 5) is 0. The second-order valence-corrected chi connectivity index (χ2v) is 5.14. The van der Waals surface area contributed by atoms with Crippen molar-refractivity contribution in [1.82, 2.24) is 9.78 Å². The van der Waals surface area contributed by atoms with Gasteiger partial charge in [0.05, 0.1) is 28.0 Å². The molecule has 2 rings (SSSR count). The molecule has 0 saturated heterocycles. The Bertz CT molecular complexity index is 362. The Labute approximate surface area is 98.6 Å². The Kier molecular flexibility index (Phi) is 3.16. The Morgan fingerprint density at radius 3 is 2.53 bits per heavy atom. The SMILES string of the molecule is Cc1nn([C@@H]2CCCC[C@H]2O)c(C)c1Br. The lowest BCUT2D eigenvalue weighted by Gasteiger charge is -2.28. The topological polar surface area (TPSA) is 38.0 Å². The highest BCUT2D eigenvalue weighted by atomic mass is 79.9. The fourth-order valence-electron chi connectivity index (χ4n) is 2.34. The predicted octanol–water partition coefficient (Wildman–Crippen LogP) is 2.74. The van der Waals surface area contributed by atoms with E-state index >= 15 is 0 Å². The fourth-order valence-corrected chi connectivity index (χ4v) is 2.60. The number of aryl methyl sites for hydroxylation is 1. The van der Waals surface area contributed by atoms with E-state index < -0.39 is 0 Å². The maximum Gasteiger partial charge on any atom is 0.0781 e. The van der Waals surface area contributed by atoms with Crippen molar-refractivity contribution in [2.24, 2.45) is 0 Å². The Morgan fingerprint density at radius 1 is 1.33 bits per heavy atom. The molecule has 0 aliphatic heterocycles. The van der Waals surface area contributed by atoms with Crippen LogP contribution in [-0.2, 0) is 0 Å². The molecule has 0 bridgehead atoms. The van der Waals surface area contributed by atoms with Crippen LogP contribution in [0.1, 0.15) is 43.1 Å². The van der Waals surface area contributed by atoms with Crippen molar-refractivity contribution in [1.29, 1.82) is 0 Å². The van der Waals surface area contributed by atoms with E-state index in [1.54, 1.807) is 0 Å². The van der Waals surface area contributed by atoms with Crippen LogP contribution in [0.2, 0.25) is 0 Å². The van der Waals surface area contributed by atoms with Crippen LogP contribution in [0.4, 0.5) is 0 Å². The number of aromatic nitrogens is 2. The van der Waals surface area contributed by atoms with Gasteiger partial charge >= 0.3 is 0 Å². The summed E-state index contributed by atoms with van der Waals surface area (Å²) in [6, 6.07) is 0.170. The molecule has 84 valence electrons. The molecule has 1 heterocycles. The van der Waals surface area contributed by atoms with E-state index in [2.05, 4.69) is 21.0 Å². The summed E-state index contributed by atoms with van der Waals surface area (Å²) in [5, 5.41) is 14.5. The molecule has 0 amide bonds. The van der Waals surface area contributed by atoms with E-state index in [9.17, 15) is 5.11 Å². The molecule has 1 aromatic heterocycles. The van der Waals surface area contributed by atoms with E-state index in [4.69, 9.17) is 0 Å². The number of halogens is 1. The maximum atomic E-state index is 9.97.